The number of benzene rings is 2. The predicted octanol–water partition coefficient (Wildman–Crippen LogP) is 3.17. The van der Waals surface area contributed by atoms with Crippen molar-refractivity contribution in [3.63, 3.8) is 0 Å². The maximum Gasteiger partial charge on any atom is 0.303 e. The smallest absolute Gasteiger partial charge is 0.303 e. The number of phenols is 1. The van der Waals surface area contributed by atoms with E-state index in [4.69, 9.17) is 4.74 Å². The highest BCUT2D eigenvalue weighted by molar-refractivity contribution is 5.87. The number of carbonyl (C=O) groups is 1. The van der Waals surface area contributed by atoms with Gasteiger partial charge in [0.1, 0.15) is 11.9 Å². The zero-order valence-electron chi connectivity index (χ0n) is 9.81. The summed E-state index contributed by atoms with van der Waals surface area (Å²) in [5.41, 5.74) is 0.897. The van der Waals surface area contributed by atoms with Crippen molar-refractivity contribution in [3.8, 4) is 5.75 Å². The van der Waals surface area contributed by atoms with Crippen LogP contribution < -0.4 is 0 Å². The second kappa shape index (κ2) is 4.45. The highest BCUT2D eigenvalue weighted by Gasteiger charge is 2.12. The van der Waals surface area contributed by atoms with Gasteiger partial charge in [-0.05, 0) is 29.8 Å². The van der Waals surface area contributed by atoms with E-state index in [2.05, 4.69) is 0 Å². The molecule has 1 atom stereocenters. The second-order valence-electron chi connectivity index (χ2n) is 4.00. The van der Waals surface area contributed by atoms with Crippen molar-refractivity contribution in [2.24, 2.45) is 0 Å². The van der Waals surface area contributed by atoms with E-state index >= 15 is 0 Å². The molecule has 2 aromatic carbocycles. The first-order chi connectivity index (χ1) is 8.08. The molecule has 0 amide bonds. The summed E-state index contributed by atoms with van der Waals surface area (Å²) in [6.07, 6.45) is -0.321. The zero-order chi connectivity index (χ0) is 12.4. The largest absolute Gasteiger partial charge is 0.508 e. The Labute approximate surface area is 99.6 Å². The van der Waals surface area contributed by atoms with Crippen LogP contribution >= 0.6 is 0 Å². The van der Waals surface area contributed by atoms with E-state index in [1.165, 1.54) is 6.92 Å². The van der Waals surface area contributed by atoms with E-state index in [9.17, 15) is 9.90 Å². The van der Waals surface area contributed by atoms with Crippen LogP contribution in [0.3, 0.4) is 0 Å². The number of fused-ring (bicyclic) bond motifs is 1. The van der Waals surface area contributed by atoms with E-state index in [0.29, 0.717) is 0 Å². The van der Waals surface area contributed by atoms with Crippen molar-refractivity contribution in [3.05, 3.63) is 42.0 Å². The molecule has 1 N–H and O–H groups in total. The van der Waals surface area contributed by atoms with Gasteiger partial charge < -0.3 is 9.84 Å². The van der Waals surface area contributed by atoms with Crippen molar-refractivity contribution in [2.75, 3.05) is 0 Å². The SMILES string of the molecule is CC(=O)OC(C)c1cccc2ccc(O)cc12. The molecule has 0 fully saturated rings. The Kier molecular flexibility index (Phi) is 3.00. The number of ether oxygens (including phenoxy) is 1. The van der Waals surface area contributed by atoms with Crippen molar-refractivity contribution in [1.82, 2.24) is 0 Å². The highest BCUT2D eigenvalue weighted by Crippen LogP contribution is 2.29. The number of rotatable bonds is 2. The summed E-state index contributed by atoms with van der Waals surface area (Å²) in [7, 11) is 0. The molecule has 0 spiro atoms. The highest BCUT2D eigenvalue weighted by atomic mass is 16.5. The summed E-state index contributed by atoms with van der Waals surface area (Å²) in [6, 6.07) is 10.9. The number of aromatic hydroxyl groups is 1. The lowest BCUT2D eigenvalue weighted by Crippen LogP contribution is -2.05. The third-order valence-electron chi connectivity index (χ3n) is 2.68. The molecule has 17 heavy (non-hydrogen) atoms. The van der Waals surface area contributed by atoms with E-state index in [1.54, 1.807) is 12.1 Å². The summed E-state index contributed by atoms with van der Waals surface area (Å²) >= 11 is 0. The van der Waals surface area contributed by atoms with Crippen molar-refractivity contribution in [1.29, 1.82) is 0 Å². The van der Waals surface area contributed by atoms with E-state index in [1.807, 2.05) is 31.2 Å². The van der Waals surface area contributed by atoms with Gasteiger partial charge in [0.05, 0.1) is 0 Å². The molecule has 2 rings (SSSR count). The normalized spacial score (nSPS) is 12.4. The molecule has 0 radical (unpaired) electrons. The van der Waals surface area contributed by atoms with Gasteiger partial charge in [0.15, 0.2) is 0 Å². The third kappa shape index (κ3) is 2.38. The molecule has 0 bridgehead atoms. The van der Waals surface area contributed by atoms with E-state index in [0.717, 1.165) is 16.3 Å². The Bertz CT molecular complexity index is 560. The molecule has 3 heteroatoms. The number of phenolic OH excluding ortho intramolecular Hbond substituents is 1. The summed E-state index contributed by atoms with van der Waals surface area (Å²) < 4.78 is 5.16. The van der Waals surface area contributed by atoms with E-state index in [-0.39, 0.29) is 17.8 Å². The minimum Gasteiger partial charge on any atom is -0.508 e. The van der Waals surface area contributed by atoms with Crippen molar-refractivity contribution < 1.29 is 14.6 Å². The zero-order valence-corrected chi connectivity index (χ0v) is 9.81. The molecule has 0 aliphatic rings. The molecule has 1 unspecified atom stereocenters. The van der Waals surface area contributed by atoms with Gasteiger partial charge in [-0.15, -0.1) is 0 Å². The lowest BCUT2D eigenvalue weighted by molar-refractivity contribution is -0.145. The van der Waals surface area contributed by atoms with E-state index < -0.39 is 0 Å². The Morgan fingerprint density at radius 1 is 1.29 bits per heavy atom. The van der Waals surface area contributed by atoms with Gasteiger partial charge >= 0.3 is 5.97 Å². The fourth-order valence-electron chi connectivity index (χ4n) is 1.95. The molecule has 0 saturated carbocycles. The Balaban J connectivity index is 2.52. The molecule has 0 aliphatic heterocycles. The quantitative estimate of drug-likeness (QED) is 0.806. The summed E-state index contributed by atoms with van der Waals surface area (Å²) in [6.45, 7) is 3.21. The Morgan fingerprint density at radius 3 is 2.76 bits per heavy atom. The van der Waals surface area contributed by atoms with Crippen LogP contribution in [0.4, 0.5) is 0 Å². The maximum atomic E-state index is 11.0. The summed E-state index contributed by atoms with van der Waals surface area (Å²) in [4.78, 5) is 11.0. The van der Waals surface area contributed by atoms with Gasteiger partial charge in [-0.25, -0.2) is 0 Å². The van der Waals surface area contributed by atoms with Gasteiger partial charge in [0.2, 0.25) is 0 Å². The molecule has 3 nitrogen and oxygen atoms in total. The minimum absolute atomic E-state index is 0.208. The van der Waals surface area contributed by atoms with Crippen LogP contribution in [-0.2, 0) is 9.53 Å². The van der Waals surface area contributed by atoms with Crippen LogP contribution in [0, 0.1) is 0 Å². The molecule has 0 aromatic heterocycles. The number of hydrogen-bond acceptors (Lipinski definition) is 3. The van der Waals surface area contributed by atoms with Crippen LogP contribution in [0.2, 0.25) is 0 Å². The van der Waals surface area contributed by atoms with Crippen LogP contribution in [0.25, 0.3) is 10.8 Å². The van der Waals surface area contributed by atoms with Crippen molar-refractivity contribution in [2.45, 2.75) is 20.0 Å². The van der Waals surface area contributed by atoms with Crippen molar-refractivity contribution >= 4 is 16.7 Å². The number of hydrogen-bond donors (Lipinski definition) is 1. The molecular weight excluding hydrogens is 216 g/mol. The fourth-order valence-corrected chi connectivity index (χ4v) is 1.95. The Morgan fingerprint density at radius 2 is 2.06 bits per heavy atom. The first-order valence-corrected chi connectivity index (χ1v) is 5.47. The second-order valence-corrected chi connectivity index (χ2v) is 4.00. The predicted molar refractivity (Wildman–Crippen MR) is 65.8 cm³/mol. The molecule has 0 saturated heterocycles. The topological polar surface area (TPSA) is 46.5 Å². The van der Waals surface area contributed by atoms with Gasteiger partial charge in [-0.2, -0.15) is 0 Å². The molecule has 0 aliphatic carbocycles. The third-order valence-corrected chi connectivity index (χ3v) is 2.68. The lowest BCUT2D eigenvalue weighted by Gasteiger charge is -2.14. The van der Waals surface area contributed by atoms with Crippen LogP contribution in [-0.4, -0.2) is 11.1 Å². The lowest BCUT2D eigenvalue weighted by atomic mass is 10.0. The average Bonchev–Trinajstić information content (AvgIpc) is 2.27. The number of esters is 1. The summed E-state index contributed by atoms with van der Waals surface area (Å²) in [5, 5.41) is 11.4. The standard InChI is InChI=1S/C14H14O3/c1-9(17-10(2)15)13-5-3-4-11-6-7-12(16)8-14(11)13/h3-9,16H,1-2H3. The molecular formula is C14H14O3. The van der Waals surface area contributed by atoms with Crippen LogP contribution in [0.1, 0.15) is 25.5 Å². The molecule has 2 aromatic rings. The van der Waals surface area contributed by atoms with Crippen LogP contribution in [0.15, 0.2) is 36.4 Å². The Hall–Kier alpha value is -2.03. The van der Waals surface area contributed by atoms with Crippen LogP contribution in [0.5, 0.6) is 5.75 Å². The maximum absolute atomic E-state index is 11.0. The first-order valence-electron chi connectivity index (χ1n) is 5.47. The fraction of sp³-hybridized carbons (Fsp3) is 0.214. The van der Waals surface area contributed by atoms with Gasteiger partial charge in [0.25, 0.3) is 0 Å². The minimum atomic E-state index is -0.321. The molecule has 0 heterocycles. The molecule has 88 valence electrons. The summed E-state index contributed by atoms with van der Waals surface area (Å²) in [5.74, 6) is -0.102. The average molecular weight is 230 g/mol. The number of carbonyl (C=O) groups excluding carboxylic acids is 1. The van der Waals surface area contributed by atoms with Gasteiger partial charge in [-0.3, -0.25) is 4.79 Å². The monoisotopic (exact) mass is 230 g/mol. The first kappa shape index (κ1) is 11.5. The van der Waals surface area contributed by atoms with Gasteiger partial charge in [0, 0.05) is 12.5 Å². The van der Waals surface area contributed by atoms with Gasteiger partial charge in [-0.1, -0.05) is 24.3 Å².